The molecule has 1 aliphatic carbocycles. The van der Waals surface area contributed by atoms with Crippen molar-refractivity contribution < 1.29 is 0 Å². The summed E-state index contributed by atoms with van der Waals surface area (Å²) in [6.45, 7) is 6.35. The van der Waals surface area contributed by atoms with E-state index in [4.69, 9.17) is 0 Å². The number of rotatable bonds is 0. The fourth-order valence-corrected chi connectivity index (χ4v) is 1.42. The Labute approximate surface area is 58.0 Å². The van der Waals surface area contributed by atoms with Gasteiger partial charge in [0.1, 0.15) is 0 Å². The van der Waals surface area contributed by atoms with Crippen LogP contribution in [0.25, 0.3) is 0 Å². The summed E-state index contributed by atoms with van der Waals surface area (Å²) in [5, 5.41) is 0. The van der Waals surface area contributed by atoms with Crippen LogP contribution in [-0.2, 0) is 0 Å². The Bertz CT molecular complexity index is 103. The fraction of sp³-hybridized carbons (Fsp3) is 0.778. The summed E-state index contributed by atoms with van der Waals surface area (Å²) in [4.78, 5) is 0. The van der Waals surface area contributed by atoms with Gasteiger partial charge in [-0.3, -0.25) is 0 Å². The van der Waals surface area contributed by atoms with Crippen molar-refractivity contribution in [2.45, 2.75) is 39.0 Å². The normalized spacial score (nSPS) is 29.9. The Morgan fingerprint density at radius 1 is 1.33 bits per heavy atom. The topological polar surface area (TPSA) is 0 Å². The minimum absolute atomic E-state index is 0.948. The van der Waals surface area contributed by atoms with E-state index in [1.165, 1.54) is 37.7 Å². The van der Waals surface area contributed by atoms with Gasteiger partial charge in [-0.15, -0.1) is 0 Å². The third kappa shape index (κ3) is 2.21. The van der Waals surface area contributed by atoms with Crippen molar-refractivity contribution in [1.82, 2.24) is 0 Å². The zero-order valence-electron chi connectivity index (χ0n) is 6.32. The second kappa shape index (κ2) is 3.05. The molecule has 9 heavy (non-hydrogen) atoms. The lowest BCUT2D eigenvalue weighted by molar-refractivity contribution is 0.507. The number of hydrogen-bond acceptors (Lipinski definition) is 0. The third-order valence-corrected chi connectivity index (χ3v) is 2.22. The maximum absolute atomic E-state index is 4.01. The van der Waals surface area contributed by atoms with Gasteiger partial charge in [0.25, 0.3) is 0 Å². The summed E-state index contributed by atoms with van der Waals surface area (Å²) in [6.07, 6.45) is 6.73. The van der Waals surface area contributed by atoms with Gasteiger partial charge in [0.15, 0.2) is 0 Å². The maximum atomic E-state index is 4.01. The van der Waals surface area contributed by atoms with E-state index >= 15 is 0 Å². The molecule has 52 valence electrons. The zero-order valence-corrected chi connectivity index (χ0v) is 6.32. The van der Waals surface area contributed by atoms with Crippen LogP contribution in [0.3, 0.4) is 0 Å². The van der Waals surface area contributed by atoms with Crippen LogP contribution in [0.15, 0.2) is 12.2 Å². The van der Waals surface area contributed by atoms with Crippen molar-refractivity contribution in [3.63, 3.8) is 0 Å². The molecule has 0 saturated heterocycles. The van der Waals surface area contributed by atoms with E-state index in [9.17, 15) is 0 Å². The molecule has 0 aromatic carbocycles. The van der Waals surface area contributed by atoms with Gasteiger partial charge in [-0.05, 0) is 31.6 Å². The van der Waals surface area contributed by atoms with Crippen molar-refractivity contribution in [3.05, 3.63) is 12.2 Å². The first kappa shape index (κ1) is 6.85. The van der Waals surface area contributed by atoms with Gasteiger partial charge in [-0.25, -0.2) is 0 Å². The van der Waals surface area contributed by atoms with Crippen molar-refractivity contribution in [3.8, 4) is 0 Å². The molecule has 1 rings (SSSR count). The summed E-state index contributed by atoms with van der Waals surface area (Å²) >= 11 is 0. The first-order valence-electron chi connectivity index (χ1n) is 3.95. The molecule has 0 heterocycles. The van der Waals surface area contributed by atoms with Crippen molar-refractivity contribution >= 4 is 0 Å². The molecule has 0 aliphatic heterocycles. The smallest absolute Gasteiger partial charge is 0.0320 e. The summed E-state index contributed by atoms with van der Waals surface area (Å²) in [5.41, 5.74) is 1.47. The number of allylic oxidation sites excluding steroid dienone is 1. The predicted octanol–water partition coefficient (Wildman–Crippen LogP) is 3.14. The Morgan fingerprint density at radius 2 is 2.11 bits per heavy atom. The SMILES string of the molecule is C=C1CCC[C@H](C)CC1. The van der Waals surface area contributed by atoms with Gasteiger partial charge >= 0.3 is 0 Å². The van der Waals surface area contributed by atoms with E-state index in [-0.39, 0.29) is 0 Å². The van der Waals surface area contributed by atoms with Gasteiger partial charge in [0, 0.05) is 0 Å². The van der Waals surface area contributed by atoms with E-state index in [0.717, 1.165) is 5.92 Å². The van der Waals surface area contributed by atoms with Gasteiger partial charge in [0.05, 0.1) is 0 Å². The van der Waals surface area contributed by atoms with Gasteiger partial charge in [-0.2, -0.15) is 0 Å². The van der Waals surface area contributed by atoms with E-state index in [0.29, 0.717) is 0 Å². The lowest BCUT2D eigenvalue weighted by Gasteiger charge is -2.02. The van der Waals surface area contributed by atoms with Crippen LogP contribution >= 0.6 is 0 Å². The largest absolute Gasteiger partial charge is 0.0999 e. The standard InChI is InChI=1S/C9H16/c1-8-4-3-5-9(2)7-6-8/h9H,1,3-7H2,2H3/t9-/m0/s1. The molecule has 1 saturated carbocycles. The van der Waals surface area contributed by atoms with Crippen molar-refractivity contribution in [2.24, 2.45) is 5.92 Å². The molecule has 0 bridgehead atoms. The molecule has 1 fully saturated rings. The van der Waals surface area contributed by atoms with Crippen LogP contribution in [0.1, 0.15) is 39.0 Å². The average Bonchev–Trinajstić information content (AvgIpc) is 1.97. The molecule has 0 heteroatoms. The number of hydrogen-bond donors (Lipinski definition) is 0. The Morgan fingerprint density at radius 3 is 2.89 bits per heavy atom. The van der Waals surface area contributed by atoms with Crippen LogP contribution in [0, 0.1) is 5.92 Å². The summed E-state index contributed by atoms with van der Waals surface area (Å²) in [6, 6.07) is 0. The molecule has 1 aliphatic rings. The Kier molecular flexibility index (Phi) is 2.32. The van der Waals surface area contributed by atoms with Crippen LogP contribution in [0.2, 0.25) is 0 Å². The van der Waals surface area contributed by atoms with Gasteiger partial charge in [0.2, 0.25) is 0 Å². The highest BCUT2D eigenvalue weighted by atomic mass is 14.1. The van der Waals surface area contributed by atoms with Crippen LogP contribution in [0.5, 0.6) is 0 Å². The highest BCUT2D eigenvalue weighted by molar-refractivity contribution is 4.95. The molecule has 0 unspecified atom stereocenters. The molecule has 0 aromatic rings. The first-order valence-corrected chi connectivity index (χ1v) is 3.95. The summed E-state index contributed by atoms with van der Waals surface area (Å²) in [7, 11) is 0. The third-order valence-electron chi connectivity index (χ3n) is 2.22. The monoisotopic (exact) mass is 124 g/mol. The molecule has 1 atom stereocenters. The molecule has 0 amide bonds. The minimum Gasteiger partial charge on any atom is -0.0999 e. The van der Waals surface area contributed by atoms with Gasteiger partial charge in [-0.1, -0.05) is 25.5 Å². The van der Waals surface area contributed by atoms with Crippen LogP contribution in [-0.4, -0.2) is 0 Å². The average molecular weight is 124 g/mol. The van der Waals surface area contributed by atoms with E-state index < -0.39 is 0 Å². The minimum atomic E-state index is 0.948. The molecule has 0 radical (unpaired) electrons. The van der Waals surface area contributed by atoms with Crippen LogP contribution in [0.4, 0.5) is 0 Å². The zero-order chi connectivity index (χ0) is 6.69. The summed E-state index contributed by atoms with van der Waals surface area (Å²) < 4.78 is 0. The molecule has 0 N–H and O–H groups in total. The Hall–Kier alpha value is -0.260. The maximum Gasteiger partial charge on any atom is -0.0320 e. The first-order chi connectivity index (χ1) is 4.29. The molecular weight excluding hydrogens is 108 g/mol. The lowest BCUT2D eigenvalue weighted by Crippen LogP contribution is -1.89. The Balaban J connectivity index is 2.34. The second-order valence-electron chi connectivity index (χ2n) is 3.29. The van der Waals surface area contributed by atoms with Crippen molar-refractivity contribution in [1.29, 1.82) is 0 Å². The van der Waals surface area contributed by atoms with Gasteiger partial charge < -0.3 is 0 Å². The fourth-order valence-electron chi connectivity index (χ4n) is 1.42. The molecule has 0 aromatic heterocycles. The van der Waals surface area contributed by atoms with E-state index in [2.05, 4.69) is 13.5 Å². The van der Waals surface area contributed by atoms with E-state index in [1.54, 1.807) is 0 Å². The second-order valence-corrected chi connectivity index (χ2v) is 3.29. The van der Waals surface area contributed by atoms with Crippen LogP contribution < -0.4 is 0 Å². The highest BCUT2D eigenvalue weighted by Crippen LogP contribution is 2.24. The van der Waals surface area contributed by atoms with Crippen molar-refractivity contribution in [2.75, 3.05) is 0 Å². The molecule has 0 spiro atoms. The quantitative estimate of drug-likeness (QED) is 0.344. The summed E-state index contributed by atoms with van der Waals surface area (Å²) in [5.74, 6) is 0.948. The lowest BCUT2D eigenvalue weighted by atomic mass is 10.0. The molecule has 0 nitrogen and oxygen atoms in total. The molecular formula is C9H16. The predicted molar refractivity (Wildman–Crippen MR) is 41.4 cm³/mol. The van der Waals surface area contributed by atoms with E-state index in [1.807, 2.05) is 0 Å². The highest BCUT2D eigenvalue weighted by Gasteiger charge is 2.07.